The summed E-state index contributed by atoms with van der Waals surface area (Å²) in [7, 11) is 3.15. The van der Waals surface area contributed by atoms with E-state index in [2.05, 4.69) is 20.6 Å². The number of methoxy groups -OCH3 is 1. The molecule has 0 aliphatic carbocycles. The van der Waals surface area contributed by atoms with Gasteiger partial charge in [0.15, 0.2) is 17.5 Å². The number of rotatable bonds is 7. The lowest BCUT2D eigenvalue weighted by molar-refractivity contribution is 0.0668. The third-order valence-electron chi connectivity index (χ3n) is 3.32. The van der Waals surface area contributed by atoms with Gasteiger partial charge in [-0.25, -0.2) is 4.98 Å². The summed E-state index contributed by atoms with van der Waals surface area (Å²) >= 11 is 0. The van der Waals surface area contributed by atoms with Crippen molar-refractivity contribution < 1.29 is 18.3 Å². The molecule has 0 atom stereocenters. The molecule has 136 valence electrons. The molecule has 25 heavy (non-hydrogen) atoms. The molecule has 0 radical (unpaired) electrons. The maximum absolute atomic E-state index is 12.8. The zero-order valence-corrected chi connectivity index (χ0v) is 14.3. The molecule has 0 unspecified atom stereocenters. The topological polar surface area (TPSA) is 72.7 Å². The zero-order valence-electron chi connectivity index (χ0n) is 14.3. The van der Waals surface area contributed by atoms with Crippen molar-refractivity contribution in [1.82, 2.24) is 14.9 Å². The minimum absolute atomic E-state index is 0.103. The van der Waals surface area contributed by atoms with Gasteiger partial charge in [0, 0.05) is 31.2 Å². The minimum atomic E-state index is -2.63. The Labute approximate surface area is 144 Å². The van der Waals surface area contributed by atoms with Crippen LogP contribution in [0.5, 0.6) is 11.5 Å². The fourth-order valence-electron chi connectivity index (χ4n) is 2.16. The summed E-state index contributed by atoms with van der Waals surface area (Å²) in [6, 6.07) is 5.34. The van der Waals surface area contributed by atoms with Crippen LogP contribution in [0.2, 0.25) is 0 Å². The van der Waals surface area contributed by atoms with E-state index in [1.807, 2.05) is 6.92 Å². The predicted octanol–water partition coefficient (Wildman–Crippen LogP) is 2.87. The molecule has 0 saturated carbocycles. The Morgan fingerprint density at radius 3 is 2.80 bits per heavy atom. The Balaban J connectivity index is 2.04. The Morgan fingerprint density at radius 1 is 1.36 bits per heavy atom. The zero-order chi connectivity index (χ0) is 18.2. The van der Waals surface area contributed by atoms with E-state index in [0.29, 0.717) is 24.1 Å². The van der Waals surface area contributed by atoms with Crippen LogP contribution in [0.4, 0.5) is 14.5 Å². The van der Waals surface area contributed by atoms with Crippen LogP contribution in [0.1, 0.15) is 19.3 Å². The fourth-order valence-corrected chi connectivity index (χ4v) is 2.16. The molecule has 1 heterocycles. The summed E-state index contributed by atoms with van der Waals surface area (Å²) in [4.78, 5) is 7.99. The highest BCUT2D eigenvalue weighted by Gasteiger charge is 2.12. The molecule has 0 amide bonds. The molecule has 0 aliphatic heterocycles. The van der Waals surface area contributed by atoms with Gasteiger partial charge < -0.3 is 20.1 Å². The van der Waals surface area contributed by atoms with Crippen LogP contribution in [0.15, 0.2) is 35.6 Å². The highest BCUT2D eigenvalue weighted by Crippen LogP contribution is 2.30. The van der Waals surface area contributed by atoms with Gasteiger partial charge in [0.05, 0.1) is 20.3 Å². The quantitative estimate of drug-likeness (QED) is 0.592. The molecule has 1 aromatic carbocycles. The number of nitrogens with zero attached hydrogens (tertiary/aromatic N) is 3. The van der Waals surface area contributed by atoms with Crippen molar-refractivity contribution in [2.75, 3.05) is 26.1 Å². The molecule has 0 aliphatic rings. The predicted molar refractivity (Wildman–Crippen MR) is 91.5 cm³/mol. The molecule has 0 spiro atoms. The van der Waals surface area contributed by atoms with E-state index in [9.17, 15) is 8.78 Å². The van der Waals surface area contributed by atoms with Gasteiger partial charge in [-0.05, 0) is 19.1 Å². The van der Waals surface area contributed by atoms with Gasteiger partial charge in [-0.15, -0.1) is 0 Å². The molecule has 7 nitrogen and oxygen atoms in total. The molecule has 2 N–H and O–H groups in total. The number of guanidine groups is 1. The second kappa shape index (κ2) is 8.86. The average molecular weight is 353 g/mol. The second-order valence-corrected chi connectivity index (χ2v) is 4.88. The lowest BCUT2D eigenvalue weighted by atomic mass is 10.2. The normalized spacial score (nSPS) is 11.5. The molecule has 2 rings (SSSR count). The van der Waals surface area contributed by atoms with Crippen LogP contribution in [-0.4, -0.2) is 36.3 Å². The Kier molecular flexibility index (Phi) is 6.55. The van der Waals surface area contributed by atoms with E-state index in [0.717, 1.165) is 10.3 Å². The Bertz CT molecular complexity index is 718. The molecular formula is C16H21F2N5O2. The summed E-state index contributed by atoms with van der Waals surface area (Å²) in [5, 5.41) is 6.01. The van der Waals surface area contributed by atoms with Crippen molar-refractivity contribution >= 4 is 11.6 Å². The maximum atomic E-state index is 12.8. The van der Waals surface area contributed by atoms with E-state index < -0.39 is 6.55 Å². The first-order valence-electron chi connectivity index (χ1n) is 7.67. The van der Waals surface area contributed by atoms with E-state index in [1.54, 1.807) is 32.4 Å². The van der Waals surface area contributed by atoms with E-state index in [-0.39, 0.29) is 12.4 Å². The fraction of sp³-hybridized carbons (Fsp3) is 0.375. The van der Waals surface area contributed by atoms with Crippen LogP contribution in [0.3, 0.4) is 0 Å². The summed E-state index contributed by atoms with van der Waals surface area (Å²) in [5.74, 6) is 1.84. The van der Waals surface area contributed by atoms with Gasteiger partial charge in [0.1, 0.15) is 5.82 Å². The molecular weight excluding hydrogens is 332 g/mol. The van der Waals surface area contributed by atoms with Crippen molar-refractivity contribution in [1.29, 1.82) is 0 Å². The van der Waals surface area contributed by atoms with Gasteiger partial charge in [-0.1, -0.05) is 0 Å². The van der Waals surface area contributed by atoms with Crippen LogP contribution >= 0.6 is 0 Å². The second-order valence-electron chi connectivity index (χ2n) is 4.88. The van der Waals surface area contributed by atoms with Gasteiger partial charge in [0.25, 0.3) is 0 Å². The molecule has 1 aromatic heterocycles. The number of nitrogens with one attached hydrogen (secondary N) is 2. The van der Waals surface area contributed by atoms with Crippen LogP contribution in [0, 0.1) is 0 Å². The smallest absolute Gasteiger partial charge is 0.319 e. The summed E-state index contributed by atoms with van der Waals surface area (Å²) in [6.07, 6.45) is 2.56. The minimum Gasteiger partial charge on any atom is -0.493 e. The number of aliphatic imine (C=N–C) groups is 1. The van der Waals surface area contributed by atoms with Gasteiger partial charge in [-0.2, -0.15) is 8.78 Å². The largest absolute Gasteiger partial charge is 0.493 e. The first-order chi connectivity index (χ1) is 12.1. The SMILES string of the molecule is CCOc1cc(NC(=NC)NCc2nccn2C(F)F)ccc1OC. The summed E-state index contributed by atoms with van der Waals surface area (Å²) in [6.45, 7) is -0.149. The van der Waals surface area contributed by atoms with E-state index in [1.165, 1.54) is 12.4 Å². The highest BCUT2D eigenvalue weighted by molar-refractivity contribution is 5.93. The number of ether oxygens (including phenoxy) is 2. The molecule has 0 bridgehead atoms. The van der Waals surface area contributed by atoms with Crippen molar-refractivity contribution in [2.24, 2.45) is 4.99 Å². The van der Waals surface area contributed by atoms with Crippen molar-refractivity contribution in [3.63, 3.8) is 0 Å². The number of aromatic nitrogens is 2. The maximum Gasteiger partial charge on any atom is 0.319 e. The first-order valence-corrected chi connectivity index (χ1v) is 7.67. The van der Waals surface area contributed by atoms with Crippen molar-refractivity contribution in [3.8, 4) is 11.5 Å². The van der Waals surface area contributed by atoms with Crippen molar-refractivity contribution in [3.05, 3.63) is 36.4 Å². The number of halogens is 2. The number of alkyl halides is 2. The van der Waals surface area contributed by atoms with Crippen molar-refractivity contribution in [2.45, 2.75) is 20.0 Å². The van der Waals surface area contributed by atoms with Gasteiger partial charge >= 0.3 is 6.55 Å². The summed E-state index contributed by atoms with van der Waals surface area (Å²) < 4.78 is 37.2. The number of hydrogen-bond donors (Lipinski definition) is 2. The standard InChI is InChI=1S/C16H21F2N5O2/c1-4-25-13-9-11(5-6-12(13)24-3)22-16(19-2)21-10-14-20-7-8-23(14)15(17)18/h5-9,15H,4,10H2,1-3H3,(H2,19,21,22). The number of anilines is 1. The molecule has 0 fully saturated rings. The van der Waals surface area contributed by atoms with Crippen LogP contribution in [-0.2, 0) is 6.54 Å². The third kappa shape index (κ3) is 4.82. The van der Waals surface area contributed by atoms with E-state index >= 15 is 0 Å². The molecule has 0 saturated heterocycles. The monoisotopic (exact) mass is 353 g/mol. The average Bonchev–Trinajstić information content (AvgIpc) is 3.08. The number of hydrogen-bond acceptors (Lipinski definition) is 4. The third-order valence-corrected chi connectivity index (χ3v) is 3.32. The van der Waals surface area contributed by atoms with E-state index in [4.69, 9.17) is 9.47 Å². The Hall–Kier alpha value is -2.84. The lowest BCUT2D eigenvalue weighted by Crippen LogP contribution is -2.31. The van der Waals surface area contributed by atoms with Crippen LogP contribution < -0.4 is 20.1 Å². The van der Waals surface area contributed by atoms with Gasteiger partial charge in [0.2, 0.25) is 0 Å². The first kappa shape index (κ1) is 18.5. The molecule has 9 heteroatoms. The Morgan fingerprint density at radius 2 is 2.16 bits per heavy atom. The number of benzene rings is 1. The van der Waals surface area contributed by atoms with Crippen LogP contribution in [0.25, 0.3) is 0 Å². The highest BCUT2D eigenvalue weighted by atomic mass is 19.3. The lowest BCUT2D eigenvalue weighted by Gasteiger charge is -2.15. The van der Waals surface area contributed by atoms with Gasteiger partial charge in [-0.3, -0.25) is 9.56 Å². The number of imidazole rings is 1. The molecule has 2 aromatic rings. The summed E-state index contributed by atoms with van der Waals surface area (Å²) in [5.41, 5.74) is 0.717.